The smallest absolute Gasteiger partial charge is 0.346 e. The van der Waals surface area contributed by atoms with Gasteiger partial charge < -0.3 is 10.1 Å². The average Bonchev–Trinajstić information content (AvgIpc) is 2.05. The molecule has 0 amide bonds. The van der Waals surface area contributed by atoms with Gasteiger partial charge in [-0.2, -0.15) is 0 Å². The van der Waals surface area contributed by atoms with Crippen LogP contribution in [0, 0.1) is 0 Å². The monoisotopic (exact) mass is 187 g/mol. The second kappa shape index (κ2) is 4.40. The zero-order valence-corrected chi connectivity index (χ0v) is 8.16. The second-order valence-electron chi connectivity index (χ2n) is 2.45. The summed E-state index contributed by atoms with van der Waals surface area (Å²) in [6.45, 7) is 5.09. The second-order valence-corrected chi connectivity index (χ2v) is 3.56. The van der Waals surface area contributed by atoms with Crippen LogP contribution in [0.15, 0.2) is 10.6 Å². The van der Waals surface area contributed by atoms with Crippen LogP contribution in [0.25, 0.3) is 0 Å². The highest BCUT2D eigenvalue weighted by Gasteiger charge is 2.17. The molecule has 1 rings (SSSR count). The quantitative estimate of drug-likeness (QED) is 0.657. The first-order valence-corrected chi connectivity index (χ1v) is 4.99. The van der Waals surface area contributed by atoms with E-state index in [2.05, 4.69) is 5.32 Å². The lowest BCUT2D eigenvalue weighted by atomic mass is 10.4. The molecule has 0 saturated carbocycles. The van der Waals surface area contributed by atoms with E-state index >= 15 is 0 Å². The van der Waals surface area contributed by atoms with Crippen molar-refractivity contribution in [1.29, 1.82) is 0 Å². The van der Waals surface area contributed by atoms with Gasteiger partial charge in [0.15, 0.2) is 0 Å². The van der Waals surface area contributed by atoms with E-state index < -0.39 is 0 Å². The van der Waals surface area contributed by atoms with Crippen molar-refractivity contribution in [2.75, 3.05) is 18.9 Å². The number of carbonyl (C=O) groups excluding carboxylic acids is 1. The molecule has 0 radical (unpaired) electrons. The molecule has 12 heavy (non-hydrogen) atoms. The molecule has 0 spiro atoms. The summed E-state index contributed by atoms with van der Waals surface area (Å²) in [6.07, 6.45) is 0. The molecule has 0 atom stereocenters. The molecular weight excluding hydrogens is 174 g/mol. The maximum Gasteiger partial charge on any atom is 0.346 e. The molecule has 1 heterocycles. The summed E-state index contributed by atoms with van der Waals surface area (Å²) in [5.41, 5.74) is 0.935. The normalized spacial score (nSPS) is 17.2. The number of hydrogen-bond donors (Lipinski definition) is 1. The van der Waals surface area contributed by atoms with Crippen LogP contribution in [0.4, 0.5) is 0 Å². The van der Waals surface area contributed by atoms with Crippen LogP contribution in [-0.2, 0) is 9.53 Å². The van der Waals surface area contributed by atoms with Crippen molar-refractivity contribution >= 4 is 17.7 Å². The number of carbonyl (C=O) groups is 1. The van der Waals surface area contributed by atoms with Gasteiger partial charge in [-0.3, -0.25) is 0 Å². The summed E-state index contributed by atoms with van der Waals surface area (Å²) in [4.78, 5) is 12.0. The molecule has 0 aromatic rings. The molecule has 0 bridgehead atoms. The lowest BCUT2D eigenvalue weighted by Crippen LogP contribution is -2.24. The van der Waals surface area contributed by atoms with Gasteiger partial charge >= 0.3 is 5.97 Å². The lowest BCUT2D eigenvalue weighted by Gasteiger charge is -2.17. The molecule has 68 valence electrons. The molecule has 1 aliphatic heterocycles. The first-order chi connectivity index (χ1) is 5.75. The van der Waals surface area contributed by atoms with Crippen LogP contribution in [0.3, 0.4) is 0 Å². The van der Waals surface area contributed by atoms with Crippen molar-refractivity contribution in [2.45, 2.75) is 13.8 Å². The molecule has 0 aromatic heterocycles. The maximum atomic E-state index is 11.3. The van der Waals surface area contributed by atoms with Crippen molar-refractivity contribution in [3.63, 3.8) is 0 Å². The van der Waals surface area contributed by atoms with E-state index in [0.717, 1.165) is 22.9 Å². The van der Waals surface area contributed by atoms with Crippen LogP contribution in [0.5, 0.6) is 0 Å². The highest BCUT2D eigenvalue weighted by atomic mass is 32.2. The Labute approximate surface area is 76.5 Å². The molecule has 0 aromatic carbocycles. The van der Waals surface area contributed by atoms with Crippen LogP contribution in [0.1, 0.15) is 13.8 Å². The number of allylic oxidation sites excluding steroid dienone is 1. The average molecular weight is 187 g/mol. The number of thioether (sulfide) groups is 1. The highest BCUT2D eigenvalue weighted by Crippen LogP contribution is 2.22. The van der Waals surface area contributed by atoms with E-state index in [1.165, 1.54) is 0 Å². The summed E-state index contributed by atoms with van der Waals surface area (Å²) in [5.74, 6) is 0.734. The first-order valence-electron chi connectivity index (χ1n) is 4.00. The molecule has 0 aliphatic carbocycles. The Morgan fingerprint density at radius 3 is 3.08 bits per heavy atom. The molecule has 0 fully saturated rings. The van der Waals surface area contributed by atoms with Gasteiger partial charge in [0.2, 0.25) is 0 Å². The maximum absolute atomic E-state index is 11.3. The third-order valence-electron chi connectivity index (χ3n) is 1.54. The largest absolute Gasteiger partial charge is 0.462 e. The van der Waals surface area contributed by atoms with Gasteiger partial charge in [0, 0.05) is 18.0 Å². The standard InChI is InChI=1S/C8H13NO2S/c1-3-11-8(10)7-6(2)9-4-5-12-7/h9H,3-5H2,1-2H3. The van der Waals surface area contributed by atoms with Crippen LogP contribution < -0.4 is 5.32 Å². The fourth-order valence-electron chi connectivity index (χ4n) is 0.989. The zero-order valence-electron chi connectivity index (χ0n) is 7.35. The molecule has 3 nitrogen and oxygen atoms in total. The van der Waals surface area contributed by atoms with E-state index in [0.29, 0.717) is 6.61 Å². The van der Waals surface area contributed by atoms with E-state index in [1.54, 1.807) is 11.8 Å². The predicted molar refractivity (Wildman–Crippen MR) is 49.8 cm³/mol. The Hall–Kier alpha value is -0.640. The summed E-state index contributed by atoms with van der Waals surface area (Å²) in [7, 11) is 0. The van der Waals surface area contributed by atoms with Gasteiger partial charge in [0.25, 0.3) is 0 Å². The van der Waals surface area contributed by atoms with Gasteiger partial charge in [-0.15, -0.1) is 11.8 Å². The van der Waals surface area contributed by atoms with Crippen LogP contribution in [-0.4, -0.2) is 24.9 Å². The third-order valence-corrected chi connectivity index (χ3v) is 2.71. The van der Waals surface area contributed by atoms with Gasteiger partial charge in [0.1, 0.15) is 4.91 Å². The molecule has 4 heteroatoms. The van der Waals surface area contributed by atoms with E-state index in [-0.39, 0.29) is 5.97 Å². The zero-order chi connectivity index (χ0) is 8.97. The number of hydrogen-bond acceptors (Lipinski definition) is 4. The van der Waals surface area contributed by atoms with Gasteiger partial charge in [0.05, 0.1) is 6.61 Å². The number of nitrogens with one attached hydrogen (secondary N) is 1. The molecule has 0 saturated heterocycles. The van der Waals surface area contributed by atoms with Gasteiger partial charge in [-0.25, -0.2) is 4.79 Å². The van der Waals surface area contributed by atoms with Crippen molar-refractivity contribution in [3.05, 3.63) is 10.6 Å². The molecule has 0 unspecified atom stereocenters. The molecular formula is C8H13NO2S. The summed E-state index contributed by atoms with van der Waals surface area (Å²) >= 11 is 1.56. The van der Waals surface area contributed by atoms with Gasteiger partial charge in [-0.05, 0) is 13.8 Å². The van der Waals surface area contributed by atoms with Crippen molar-refractivity contribution in [2.24, 2.45) is 0 Å². The number of ether oxygens (including phenoxy) is 1. The van der Waals surface area contributed by atoms with Crippen molar-refractivity contribution < 1.29 is 9.53 Å². The first kappa shape index (κ1) is 9.45. The van der Waals surface area contributed by atoms with E-state index in [9.17, 15) is 4.79 Å². The molecule has 1 N–H and O–H groups in total. The predicted octanol–water partition coefficient (Wildman–Crippen LogP) is 1.12. The lowest BCUT2D eigenvalue weighted by molar-refractivity contribution is -0.137. The fourth-order valence-corrected chi connectivity index (χ4v) is 1.86. The SMILES string of the molecule is CCOC(=O)C1=C(C)NCCS1. The Kier molecular flexibility index (Phi) is 3.47. The minimum absolute atomic E-state index is 0.202. The van der Waals surface area contributed by atoms with Crippen LogP contribution >= 0.6 is 11.8 Å². The summed E-state index contributed by atoms with van der Waals surface area (Å²) in [5, 5.41) is 3.13. The minimum Gasteiger partial charge on any atom is -0.462 e. The Bertz CT molecular complexity index is 213. The Morgan fingerprint density at radius 1 is 1.75 bits per heavy atom. The van der Waals surface area contributed by atoms with E-state index in [4.69, 9.17) is 4.74 Å². The van der Waals surface area contributed by atoms with E-state index in [1.807, 2.05) is 13.8 Å². The summed E-state index contributed by atoms with van der Waals surface area (Å²) in [6, 6.07) is 0. The topological polar surface area (TPSA) is 38.3 Å². The van der Waals surface area contributed by atoms with Crippen molar-refractivity contribution in [1.82, 2.24) is 5.32 Å². The number of rotatable bonds is 2. The van der Waals surface area contributed by atoms with Gasteiger partial charge in [-0.1, -0.05) is 0 Å². The summed E-state index contributed by atoms with van der Waals surface area (Å²) < 4.78 is 4.89. The van der Waals surface area contributed by atoms with Crippen LogP contribution in [0.2, 0.25) is 0 Å². The highest BCUT2D eigenvalue weighted by molar-refractivity contribution is 8.04. The third kappa shape index (κ3) is 2.17. The minimum atomic E-state index is -0.202. The fraction of sp³-hybridized carbons (Fsp3) is 0.625. The molecule has 1 aliphatic rings. The Balaban J connectivity index is 2.64. The Morgan fingerprint density at radius 2 is 2.50 bits per heavy atom. The number of esters is 1. The van der Waals surface area contributed by atoms with Crippen molar-refractivity contribution in [3.8, 4) is 0 Å².